The van der Waals surface area contributed by atoms with E-state index in [0.29, 0.717) is 5.96 Å². The lowest BCUT2D eigenvalue weighted by atomic mass is 10.0. The first-order valence-electron chi connectivity index (χ1n) is 10.9. The van der Waals surface area contributed by atoms with E-state index in [1.165, 1.54) is 5.56 Å². The lowest BCUT2D eigenvalue weighted by Crippen LogP contribution is -2.49. The van der Waals surface area contributed by atoms with E-state index in [2.05, 4.69) is 32.7 Å². The number of halogens is 1. The maximum atomic E-state index is 12.9. The Morgan fingerprint density at radius 1 is 1.12 bits per heavy atom. The summed E-state index contributed by atoms with van der Waals surface area (Å²) in [5, 5.41) is 6.67. The third-order valence-corrected chi connectivity index (χ3v) is 6.00. The molecule has 1 atom stereocenters. The molecule has 4 rings (SSSR count). The number of carbonyl (C=O) groups excluding carboxylic acids is 1. The molecule has 7 nitrogen and oxygen atoms in total. The van der Waals surface area contributed by atoms with Crippen molar-refractivity contribution in [2.45, 2.75) is 25.3 Å². The summed E-state index contributed by atoms with van der Waals surface area (Å²) in [6.07, 6.45) is 3.02. The number of rotatable bonds is 5. The second-order valence-electron chi connectivity index (χ2n) is 7.95. The van der Waals surface area contributed by atoms with Crippen LogP contribution in [0.5, 0.6) is 5.75 Å². The number of para-hydroxylation sites is 3. The van der Waals surface area contributed by atoms with Crippen molar-refractivity contribution in [3.05, 3.63) is 54.1 Å². The number of nitrogens with zero attached hydrogens (tertiary/aromatic N) is 3. The molecule has 8 heteroatoms. The zero-order chi connectivity index (χ0) is 21.6. The molecule has 1 amide bonds. The number of aryl methyl sites for hydroxylation is 1. The first-order valence-corrected chi connectivity index (χ1v) is 10.9. The van der Waals surface area contributed by atoms with Gasteiger partial charge in [0, 0.05) is 38.4 Å². The van der Waals surface area contributed by atoms with Crippen LogP contribution in [-0.2, 0) is 11.2 Å². The van der Waals surface area contributed by atoms with E-state index in [1.807, 2.05) is 41.3 Å². The number of anilines is 2. The quantitative estimate of drug-likeness (QED) is 0.341. The second kappa shape index (κ2) is 11.4. The minimum Gasteiger partial charge on any atom is -0.495 e. The van der Waals surface area contributed by atoms with Gasteiger partial charge in [-0.25, -0.2) is 0 Å². The number of methoxy groups -OCH3 is 1. The average Bonchev–Trinajstić information content (AvgIpc) is 3.29. The van der Waals surface area contributed by atoms with Gasteiger partial charge in [0.15, 0.2) is 5.96 Å². The van der Waals surface area contributed by atoms with Crippen molar-refractivity contribution < 1.29 is 9.53 Å². The zero-order valence-electron chi connectivity index (χ0n) is 18.7. The summed E-state index contributed by atoms with van der Waals surface area (Å²) in [4.78, 5) is 21.4. The van der Waals surface area contributed by atoms with Gasteiger partial charge < -0.3 is 25.2 Å². The molecular weight excluding hydrogens is 517 g/mol. The van der Waals surface area contributed by atoms with Crippen molar-refractivity contribution in [3.8, 4) is 5.75 Å². The lowest BCUT2D eigenvalue weighted by molar-refractivity contribution is -0.117. The Hall–Kier alpha value is -2.49. The van der Waals surface area contributed by atoms with Gasteiger partial charge in [-0.2, -0.15) is 0 Å². The molecule has 0 bridgehead atoms. The molecule has 1 fully saturated rings. The number of amides is 1. The van der Waals surface area contributed by atoms with Crippen molar-refractivity contribution in [3.63, 3.8) is 0 Å². The smallest absolute Gasteiger partial charge is 0.246 e. The standard InChI is InChI=1S/C24H31N5O2.HI/c1-25-24(26-16-23(30)29-14-7-9-18-8-3-4-10-20(18)29)27-19-13-15-28(17-19)21-11-5-6-12-22(21)31-2;/h3-6,8,10-12,19H,7,9,13-17H2,1-2H3,(H2,25,26,27);1H. The van der Waals surface area contributed by atoms with Gasteiger partial charge in [0.05, 0.1) is 19.3 Å². The van der Waals surface area contributed by atoms with E-state index in [-0.39, 0.29) is 42.5 Å². The Kier molecular flexibility index (Phi) is 8.60. The van der Waals surface area contributed by atoms with Crippen molar-refractivity contribution >= 4 is 47.2 Å². The third kappa shape index (κ3) is 5.46. The maximum Gasteiger partial charge on any atom is 0.246 e. The van der Waals surface area contributed by atoms with Crippen LogP contribution in [0.3, 0.4) is 0 Å². The fourth-order valence-corrected chi connectivity index (χ4v) is 4.42. The zero-order valence-corrected chi connectivity index (χ0v) is 21.0. The molecule has 172 valence electrons. The molecule has 2 aromatic carbocycles. The van der Waals surface area contributed by atoms with Gasteiger partial charge in [0.1, 0.15) is 5.75 Å². The fraction of sp³-hybridized carbons (Fsp3) is 0.417. The Balaban J connectivity index is 0.00000289. The molecule has 2 N–H and O–H groups in total. The second-order valence-corrected chi connectivity index (χ2v) is 7.95. The monoisotopic (exact) mass is 549 g/mol. The molecule has 0 spiro atoms. The van der Waals surface area contributed by atoms with E-state index in [1.54, 1.807) is 14.2 Å². The summed E-state index contributed by atoms with van der Waals surface area (Å²) >= 11 is 0. The Morgan fingerprint density at radius 2 is 1.88 bits per heavy atom. The fourth-order valence-electron chi connectivity index (χ4n) is 4.42. The molecule has 32 heavy (non-hydrogen) atoms. The summed E-state index contributed by atoms with van der Waals surface area (Å²) in [5.41, 5.74) is 3.38. The molecule has 1 saturated heterocycles. The van der Waals surface area contributed by atoms with Gasteiger partial charge in [0.25, 0.3) is 0 Å². The third-order valence-electron chi connectivity index (χ3n) is 6.00. The highest BCUT2D eigenvalue weighted by atomic mass is 127. The molecule has 0 aliphatic carbocycles. The molecular formula is C24H32IN5O2. The predicted molar refractivity (Wildman–Crippen MR) is 141 cm³/mol. The molecule has 0 radical (unpaired) electrons. The van der Waals surface area contributed by atoms with Crippen molar-refractivity contribution in [2.24, 2.45) is 4.99 Å². The number of nitrogens with one attached hydrogen (secondary N) is 2. The largest absolute Gasteiger partial charge is 0.495 e. The van der Waals surface area contributed by atoms with Crippen LogP contribution in [-0.4, -0.2) is 58.2 Å². The molecule has 2 aromatic rings. The van der Waals surface area contributed by atoms with Crippen LogP contribution >= 0.6 is 24.0 Å². The van der Waals surface area contributed by atoms with Crippen molar-refractivity contribution in [1.29, 1.82) is 0 Å². The Bertz CT molecular complexity index is 951. The van der Waals surface area contributed by atoms with E-state index < -0.39 is 0 Å². The number of ether oxygens (including phenoxy) is 1. The molecule has 0 aromatic heterocycles. The number of hydrogen-bond donors (Lipinski definition) is 2. The first kappa shape index (κ1) is 24.2. The van der Waals surface area contributed by atoms with E-state index in [9.17, 15) is 4.79 Å². The molecule has 0 saturated carbocycles. The average molecular weight is 549 g/mol. The van der Waals surface area contributed by atoms with Crippen LogP contribution in [0, 0.1) is 0 Å². The first-order chi connectivity index (χ1) is 15.2. The minimum absolute atomic E-state index is 0. The lowest BCUT2D eigenvalue weighted by Gasteiger charge is -2.30. The van der Waals surface area contributed by atoms with E-state index >= 15 is 0 Å². The minimum atomic E-state index is 0. The van der Waals surface area contributed by atoms with Crippen LogP contribution in [0.2, 0.25) is 0 Å². The van der Waals surface area contributed by atoms with Crippen LogP contribution in [0.1, 0.15) is 18.4 Å². The number of fused-ring (bicyclic) bond motifs is 1. The van der Waals surface area contributed by atoms with Crippen molar-refractivity contribution in [2.75, 3.05) is 50.1 Å². The topological polar surface area (TPSA) is 69.2 Å². The summed E-state index contributed by atoms with van der Waals surface area (Å²) < 4.78 is 5.50. The van der Waals surface area contributed by atoms with Gasteiger partial charge in [-0.05, 0) is 43.0 Å². The SMILES string of the molecule is CN=C(NCC(=O)N1CCCc2ccccc21)NC1CCN(c2ccccc2OC)C1.I. The molecule has 1 unspecified atom stereocenters. The number of guanidine groups is 1. The van der Waals surface area contributed by atoms with E-state index in [0.717, 1.165) is 56.0 Å². The van der Waals surface area contributed by atoms with Crippen LogP contribution < -0.4 is 25.2 Å². The molecule has 2 aliphatic rings. The summed E-state index contributed by atoms with van der Waals surface area (Å²) in [6.45, 7) is 2.78. The highest BCUT2D eigenvalue weighted by molar-refractivity contribution is 14.0. The Morgan fingerprint density at radius 3 is 2.66 bits per heavy atom. The number of hydrogen-bond acceptors (Lipinski definition) is 4. The maximum absolute atomic E-state index is 12.9. The van der Waals surface area contributed by atoms with Crippen LogP contribution in [0.4, 0.5) is 11.4 Å². The molecule has 2 heterocycles. The van der Waals surface area contributed by atoms with Gasteiger partial charge in [-0.3, -0.25) is 9.79 Å². The highest BCUT2D eigenvalue weighted by Crippen LogP contribution is 2.30. The van der Waals surface area contributed by atoms with Gasteiger partial charge >= 0.3 is 0 Å². The number of aliphatic imine (C=N–C) groups is 1. The van der Waals surface area contributed by atoms with Crippen LogP contribution in [0.25, 0.3) is 0 Å². The predicted octanol–water partition coefficient (Wildman–Crippen LogP) is 3.04. The summed E-state index contributed by atoms with van der Waals surface area (Å²) in [6, 6.07) is 16.5. The summed E-state index contributed by atoms with van der Waals surface area (Å²) in [5.74, 6) is 1.61. The summed E-state index contributed by atoms with van der Waals surface area (Å²) in [7, 11) is 3.44. The van der Waals surface area contributed by atoms with Gasteiger partial charge in [0.2, 0.25) is 5.91 Å². The highest BCUT2D eigenvalue weighted by Gasteiger charge is 2.26. The van der Waals surface area contributed by atoms with E-state index in [4.69, 9.17) is 4.74 Å². The van der Waals surface area contributed by atoms with Crippen LogP contribution in [0.15, 0.2) is 53.5 Å². The molecule has 2 aliphatic heterocycles. The number of carbonyl (C=O) groups is 1. The Labute approximate surface area is 207 Å². The van der Waals surface area contributed by atoms with Crippen molar-refractivity contribution in [1.82, 2.24) is 10.6 Å². The number of benzene rings is 2. The normalized spacial score (nSPS) is 17.9. The van der Waals surface area contributed by atoms with Gasteiger partial charge in [-0.15, -0.1) is 24.0 Å². The van der Waals surface area contributed by atoms with Gasteiger partial charge in [-0.1, -0.05) is 30.3 Å².